The molecule has 0 radical (unpaired) electrons. The fourth-order valence-electron chi connectivity index (χ4n) is 2.11. The lowest BCUT2D eigenvalue weighted by Gasteiger charge is -2.15. The van der Waals surface area contributed by atoms with Gasteiger partial charge in [0, 0.05) is 15.0 Å². The van der Waals surface area contributed by atoms with Crippen LogP contribution in [0.3, 0.4) is 0 Å². The normalized spacial score (nSPS) is 12.5. The van der Waals surface area contributed by atoms with Crippen molar-refractivity contribution in [3.8, 4) is 0 Å². The molecule has 1 N–H and O–H groups in total. The van der Waals surface area contributed by atoms with Crippen LogP contribution in [0.1, 0.15) is 28.4 Å². The highest BCUT2D eigenvalue weighted by atomic mass is 127. The molecule has 2 rings (SSSR count). The minimum atomic E-state index is -0.522. The van der Waals surface area contributed by atoms with Gasteiger partial charge in [-0.2, -0.15) is 0 Å². The van der Waals surface area contributed by atoms with Gasteiger partial charge in [-0.15, -0.1) is 0 Å². The molecule has 2 aromatic carbocycles. The van der Waals surface area contributed by atoms with E-state index in [0.717, 1.165) is 9.13 Å². The molecule has 0 saturated heterocycles. The first-order chi connectivity index (χ1) is 8.97. The van der Waals surface area contributed by atoms with Gasteiger partial charge in [-0.05, 0) is 71.3 Å². The molecule has 0 bridgehead atoms. The standard InChI is InChI=1S/C16H16ClIO/c1-10-3-4-11(2)12(7-10)8-16(19)14-9-13(17)5-6-15(14)18/h3-7,9,16,19H,8H2,1-2H3. The highest BCUT2D eigenvalue weighted by molar-refractivity contribution is 14.1. The van der Waals surface area contributed by atoms with Gasteiger partial charge < -0.3 is 5.11 Å². The van der Waals surface area contributed by atoms with Crippen LogP contribution in [0.4, 0.5) is 0 Å². The Bertz CT molecular complexity index is 595. The van der Waals surface area contributed by atoms with Crippen molar-refractivity contribution in [3.63, 3.8) is 0 Å². The Hall–Kier alpha value is -0.580. The molecule has 0 spiro atoms. The van der Waals surface area contributed by atoms with E-state index in [4.69, 9.17) is 11.6 Å². The van der Waals surface area contributed by atoms with Crippen molar-refractivity contribution in [3.05, 3.63) is 67.2 Å². The zero-order valence-electron chi connectivity index (χ0n) is 11.0. The summed E-state index contributed by atoms with van der Waals surface area (Å²) in [4.78, 5) is 0. The first kappa shape index (κ1) is 14.8. The lowest BCUT2D eigenvalue weighted by atomic mass is 9.97. The second-order valence-corrected chi connectivity index (χ2v) is 6.41. The van der Waals surface area contributed by atoms with E-state index in [2.05, 4.69) is 54.6 Å². The number of aliphatic hydroxyl groups excluding tert-OH is 1. The smallest absolute Gasteiger partial charge is 0.0841 e. The van der Waals surface area contributed by atoms with E-state index in [-0.39, 0.29) is 0 Å². The average molecular weight is 387 g/mol. The number of hydrogen-bond acceptors (Lipinski definition) is 1. The van der Waals surface area contributed by atoms with Crippen LogP contribution >= 0.6 is 34.2 Å². The first-order valence-electron chi connectivity index (χ1n) is 6.16. The van der Waals surface area contributed by atoms with E-state index in [0.29, 0.717) is 11.4 Å². The number of aryl methyl sites for hydroxylation is 2. The maximum Gasteiger partial charge on any atom is 0.0841 e. The molecule has 0 heterocycles. The monoisotopic (exact) mass is 386 g/mol. The molecule has 0 aromatic heterocycles. The largest absolute Gasteiger partial charge is 0.388 e. The van der Waals surface area contributed by atoms with Crippen LogP contribution in [0, 0.1) is 17.4 Å². The molecule has 0 amide bonds. The van der Waals surface area contributed by atoms with Crippen LogP contribution in [0.5, 0.6) is 0 Å². The fraction of sp³-hybridized carbons (Fsp3) is 0.250. The van der Waals surface area contributed by atoms with Crippen molar-refractivity contribution in [2.75, 3.05) is 0 Å². The zero-order chi connectivity index (χ0) is 14.0. The second-order valence-electron chi connectivity index (χ2n) is 4.82. The van der Waals surface area contributed by atoms with E-state index in [1.807, 2.05) is 18.2 Å². The third-order valence-corrected chi connectivity index (χ3v) is 4.45. The van der Waals surface area contributed by atoms with Crippen molar-refractivity contribution in [2.45, 2.75) is 26.4 Å². The minimum Gasteiger partial charge on any atom is -0.388 e. The van der Waals surface area contributed by atoms with Crippen LogP contribution < -0.4 is 0 Å². The summed E-state index contributed by atoms with van der Waals surface area (Å²) in [7, 11) is 0. The van der Waals surface area contributed by atoms with Gasteiger partial charge in [-0.25, -0.2) is 0 Å². The minimum absolute atomic E-state index is 0.522. The lowest BCUT2D eigenvalue weighted by molar-refractivity contribution is 0.177. The summed E-state index contributed by atoms with van der Waals surface area (Å²) in [6.07, 6.45) is 0.0928. The topological polar surface area (TPSA) is 20.2 Å². The fourth-order valence-corrected chi connectivity index (χ4v) is 2.98. The first-order valence-corrected chi connectivity index (χ1v) is 7.62. The summed E-state index contributed by atoms with van der Waals surface area (Å²) < 4.78 is 1.04. The molecule has 1 nitrogen and oxygen atoms in total. The Balaban J connectivity index is 2.27. The highest BCUT2D eigenvalue weighted by Crippen LogP contribution is 2.27. The predicted molar refractivity (Wildman–Crippen MR) is 88.7 cm³/mol. The van der Waals surface area contributed by atoms with Gasteiger partial charge in [-0.1, -0.05) is 35.4 Å². The van der Waals surface area contributed by atoms with Crippen molar-refractivity contribution in [1.29, 1.82) is 0 Å². The van der Waals surface area contributed by atoms with Gasteiger partial charge in [0.1, 0.15) is 0 Å². The summed E-state index contributed by atoms with van der Waals surface area (Å²) in [5.74, 6) is 0. The van der Waals surface area contributed by atoms with Crippen molar-refractivity contribution in [1.82, 2.24) is 0 Å². The molecular formula is C16H16ClIO. The number of benzene rings is 2. The Morgan fingerprint density at radius 1 is 1.16 bits per heavy atom. The van der Waals surface area contributed by atoms with Gasteiger partial charge in [0.25, 0.3) is 0 Å². The summed E-state index contributed by atoms with van der Waals surface area (Å²) in [6.45, 7) is 4.14. The number of rotatable bonds is 3. The molecule has 1 atom stereocenters. The number of aliphatic hydroxyl groups is 1. The van der Waals surface area contributed by atoms with E-state index >= 15 is 0 Å². The van der Waals surface area contributed by atoms with Gasteiger partial charge in [-0.3, -0.25) is 0 Å². The van der Waals surface area contributed by atoms with Crippen molar-refractivity contribution < 1.29 is 5.11 Å². The van der Waals surface area contributed by atoms with Crippen LogP contribution in [-0.2, 0) is 6.42 Å². The lowest BCUT2D eigenvalue weighted by Crippen LogP contribution is -2.05. The predicted octanol–water partition coefficient (Wildman–Crippen LogP) is 4.84. The molecule has 0 fully saturated rings. The molecule has 0 aliphatic carbocycles. The molecule has 19 heavy (non-hydrogen) atoms. The van der Waals surface area contributed by atoms with E-state index in [1.165, 1.54) is 16.7 Å². The Labute approximate surface area is 132 Å². The SMILES string of the molecule is Cc1ccc(C)c(CC(O)c2cc(Cl)ccc2I)c1. The Kier molecular flexibility index (Phi) is 4.87. The van der Waals surface area contributed by atoms with Crippen molar-refractivity contribution in [2.24, 2.45) is 0 Å². The molecule has 0 saturated carbocycles. The average Bonchev–Trinajstić information content (AvgIpc) is 2.36. The zero-order valence-corrected chi connectivity index (χ0v) is 13.9. The van der Waals surface area contributed by atoms with Crippen molar-refractivity contribution >= 4 is 34.2 Å². The molecule has 100 valence electrons. The van der Waals surface area contributed by atoms with Crippen LogP contribution in [0.25, 0.3) is 0 Å². The van der Waals surface area contributed by atoms with Gasteiger partial charge in [0.15, 0.2) is 0 Å². The summed E-state index contributed by atoms with van der Waals surface area (Å²) in [5.41, 5.74) is 4.51. The van der Waals surface area contributed by atoms with E-state index in [9.17, 15) is 5.11 Å². The molecule has 3 heteroatoms. The molecule has 0 aliphatic rings. The molecular weight excluding hydrogens is 371 g/mol. The maximum absolute atomic E-state index is 10.4. The highest BCUT2D eigenvalue weighted by Gasteiger charge is 2.14. The van der Waals surface area contributed by atoms with Gasteiger partial charge in [0.2, 0.25) is 0 Å². The summed E-state index contributed by atoms with van der Waals surface area (Å²) in [5, 5.41) is 11.1. The second kappa shape index (κ2) is 6.25. The summed E-state index contributed by atoms with van der Waals surface area (Å²) in [6, 6.07) is 12.0. The number of hydrogen-bond donors (Lipinski definition) is 1. The van der Waals surface area contributed by atoms with Gasteiger partial charge in [0.05, 0.1) is 6.10 Å². The number of halogens is 2. The Morgan fingerprint density at radius 3 is 2.63 bits per heavy atom. The third kappa shape index (κ3) is 3.71. The Morgan fingerprint density at radius 2 is 1.89 bits per heavy atom. The summed E-state index contributed by atoms with van der Waals surface area (Å²) >= 11 is 8.24. The molecule has 2 aromatic rings. The van der Waals surface area contributed by atoms with Crippen LogP contribution in [-0.4, -0.2) is 5.11 Å². The third-order valence-electron chi connectivity index (χ3n) is 3.23. The van der Waals surface area contributed by atoms with E-state index in [1.54, 1.807) is 0 Å². The van der Waals surface area contributed by atoms with E-state index < -0.39 is 6.10 Å². The molecule has 0 aliphatic heterocycles. The maximum atomic E-state index is 10.4. The van der Waals surface area contributed by atoms with Gasteiger partial charge >= 0.3 is 0 Å². The van der Waals surface area contributed by atoms with Crippen LogP contribution in [0.2, 0.25) is 5.02 Å². The van der Waals surface area contributed by atoms with Crippen LogP contribution in [0.15, 0.2) is 36.4 Å². The molecule has 1 unspecified atom stereocenters. The quantitative estimate of drug-likeness (QED) is 0.749.